The molecular weight excluding hydrogens is 394 g/mol. The second-order valence-corrected chi connectivity index (χ2v) is 10.7. The Hall–Kier alpha value is -2.62. The number of hydrogen-bond acceptors (Lipinski definition) is 2. The highest BCUT2D eigenvalue weighted by molar-refractivity contribution is 5.83. The first-order chi connectivity index (χ1) is 15.6. The Kier molecular flexibility index (Phi) is 4.85. The van der Waals surface area contributed by atoms with Gasteiger partial charge in [0.15, 0.2) is 0 Å². The van der Waals surface area contributed by atoms with Gasteiger partial charge in [-0.2, -0.15) is 0 Å². The van der Waals surface area contributed by atoms with Crippen LogP contribution in [0.3, 0.4) is 0 Å². The van der Waals surface area contributed by atoms with E-state index in [9.17, 15) is 4.79 Å². The highest BCUT2D eigenvalue weighted by atomic mass is 16.2. The zero-order valence-electron chi connectivity index (χ0n) is 19.0. The summed E-state index contributed by atoms with van der Waals surface area (Å²) in [5, 5.41) is 3.35. The van der Waals surface area contributed by atoms with Crippen LogP contribution in [-0.4, -0.2) is 22.0 Å². The summed E-state index contributed by atoms with van der Waals surface area (Å²) in [6.45, 7) is 2.90. The molecule has 0 saturated heterocycles. The van der Waals surface area contributed by atoms with E-state index in [2.05, 4.69) is 65.3 Å². The average molecular weight is 428 g/mol. The van der Waals surface area contributed by atoms with Crippen molar-refractivity contribution in [2.24, 2.45) is 23.2 Å². The van der Waals surface area contributed by atoms with Gasteiger partial charge >= 0.3 is 0 Å². The van der Waals surface area contributed by atoms with Gasteiger partial charge in [0, 0.05) is 18.4 Å². The smallest absolute Gasteiger partial charge is 0.226 e. The van der Waals surface area contributed by atoms with Gasteiger partial charge in [0.05, 0.1) is 17.1 Å². The number of carbonyl (C=O) groups is 1. The van der Waals surface area contributed by atoms with Crippen LogP contribution in [0.4, 0.5) is 0 Å². The highest BCUT2D eigenvalue weighted by Gasteiger charge is 2.54. The SMILES string of the molecule is CC(c1ccccc1)n1c(CCNC(=O)C23CC4CC(CC(C4)C2)C3)nc2ccccc21. The maximum absolute atomic E-state index is 13.4. The summed E-state index contributed by atoms with van der Waals surface area (Å²) in [6, 6.07) is 19.2. The Balaban J connectivity index is 1.21. The summed E-state index contributed by atoms with van der Waals surface area (Å²) in [5.41, 5.74) is 3.38. The van der Waals surface area contributed by atoms with Crippen LogP contribution in [0, 0.1) is 23.2 Å². The molecule has 0 spiro atoms. The standard InChI is InChI=1S/C28H33N3O/c1-19(23-7-3-2-4-8-23)31-25-10-6-5-9-24(25)30-26(31)11-12-29-27(32)28-16-20-13-21(17-28)15-22(14-20)18-28/h2-10,19-22H,11-18H2,1H3,(H,29,32). The number of imidazole rings is 1. The maximum atomic E-state index is 13.4. The number of rotatable bonds is 6. The summed E-state index contributed by atoms with van der Waals surface area (Å²) in [7, 11) is 0. The molecular formula is C28H33N3O. The number of fused-ring (bicyclic) bond motifs is 1. The second-order valence-electron chi connectivity index (χ2n) is 10.7. The lowest BCUT2D eigenvalue weighted by molar-refractivity contribution is -0.146. The lowest BCUT2D eigenvalue weighted by Gasteiger charge is -2.55. The number of nitrogens with one attached hydrogen (secondary N) is 1. The maximum Gasteiger partial charge on any atom is 0.226 e. The molecule has 1 atom stereocenters. The molecule has 1 N–H and O–H groups in total. The predicted octanol–water partition coefficient (Wildman–Crippen LogP) is 5.52. The van der Waals surface area contributed by atoms with Crippen molar-refractivity contribution >= 4 is 16.9 Å². The number of amides is 1. The van der Waals surface area contributed by atoms with Crippen LogP contribution in [0.1, 0.15) is 62.9 Å². The normalized spacial score (nSPS) is 29.3. The molecule has 1 unspecified atom stereocenters. The lowest BCUT2D eigenvalue weighted by atomic mass is 9.49. The monoisotopic (exact) mass is 427 g/mol. The Morgan fingerprint density at radius 2 is 1.62 bits per heavy atom. The topological polar surface area (TPSA) is 46.9 Å². The van der Waals surface area contributed by atoms with E-state index in [1.54, 1.807) is 0 Å². The zero-order chi connectivity index (χ0) is 21.7. The molecule has 0 radical (unpaired) electrons. The fraction of sp³-hybridized carbons (Fsp3) is 0.500. The van der Waals surface area contributed by atoms with Crippen molar-refractivity contribution in [1.82, 2.24) is 14.9 Å². The van der Waals surface area contributed by atoms with Gasteiger partial charge in [0.25, 0.3) is 0 Å². The molecule has 32 heavy (non-hydrogen) atoms. The first-order valence-electron chi connectivity index (χ1n) is 12.4. The molecule has 0 aliphatic heterocycles. The molecule has 4 bridgehead atoms. The van der Waals surface area contributed by atoms with Gasteiger partial charge in [0.2, 0.25) is 5.91 Å². The van der Waals surface area contributed by atoms with Gasteiger partial charge in [-0.1, -0.05) is 42.5 Å². The third kappa shape index (κ3) is 3.35. The first kappa shape index (κ1) is 20.0. The van der Waals surface area contributed by atoms with E-state index in [0.717, 1.165) is 60.3 Å². The summed E-state index contributed by atoms with van der Waals surface area (Å²) in [6.07, 6.45) is 8.22. The number of nitrogens with zero attached hydrogens (tertiary/aromatic N) is 2. The van der Waals surface area contributed by atoms with Gasteiger partial charge in [-0.05, 0) is 80.9 Å². The second kappa shape index (κ2) is 7.75. The van der Waals surface area contributed by atoms with E-state index in [4.69, 9.17) is 4.98 Å². The van der Waals surface area contributed by atoms with E-state index < -0.39 is 0 Å². The average Bonchev–Trinajstić information content (AvgIpc) is 3.16. The van der Waals surface area contributed by atoms with E-state index in [1.807, 2.05) is 6.07 Å². The van der Waals surface area contributed by atoms with Crippen molar-refractivity contribution in [2.45, 2.75) is 57.9 Å². The van der Waals surface area contributed by atoms with Gasteiger partial charge in [-0.15, -0.1) is 0 Å². The summed E-state index contributed by atoms with van der Waals surface area (Å²) < 4.78 is 2.35. The van der Waals surface area contributed by atoms with Crippen molar-refractivity contribution in [2.75, 3.05) is 6.54 Å². The third-order valence-corrected chi connectivity index (χ3v) is 8.49. The minimum absolute atomic E-state index is 0.0772. The molecule has 4 aliphatic rings. The van der Waals surface area contributed by atoms with Crippen LogP contribution in [0.5, 0.6) is 0 Å². The molecule has 166 valence electrons. The quantitative estimate of drug-likeness (QED) is 0.563. The Morgan fingerprint density at radius 1 is 1.00 bits per heavy atom. The number of hydrogen-bond donors (Lipinski definition) is 1. The lowest BCUT2D eigenvalue weighted by Crippen LogP contribution is -2.53. The fourth-order valence-electron chi connectivity index (χ4n) is 7.45. The predicted molar refractivity (Wildman–Crippen MR) is 127 cm³/mol. The van der Waals surface area contributed by atoms with E-state index in [1.165, 1.54) is 24.8 Å². The number of carbonyl (C=O) groups excluding carboxylic acids is 1. The van der Waals surface area contributed by atoms with Crippen molar-refractivity contribution in [3.8, 4) is 0 Å². The van der Waals surface area contributed by atoms with Gasteiger partial charge in [-0.25, -0.2) is 4.98 Å². The van der Waals surface area contributed by atoms with Crippen molar-refractivity contribution in [1.29, 1.82) is 0 Å². The molecule has 4 heteroatoms. The van der Waals surface area contributed by atoms with Crippen LogP contribution in [0.25, 0.3) is 11.0 Å². The Morgan fingerprint density at radius 3 is 2.31 bits per heavy atom. The molecule has 2 aromatic carbocycles. The summed E-state index contributed by atoms with van der Waals surface area (Å²) in [5.74, 6) is 3.75. The summed E-state index contributed by atoms with van der Waals surface area (Å²) >= 11 is 0. The third-order valence-electron chi connectivity index (χ3n) is 8.49. The largest absolute Gasteiger partial charge is 0.355 e. The highest BCUT2D eigenvalue weighted by Crippen LogP contribution is 2.60. The van der Waals surface area contributed by atoms with Gasteiger partial charge < -0.3 is 9.88 Å². The molecule has 4 saturated carbocycles. The van der Waals surface area contributed by atoms with Crippen LogP contribution >= 0.6 is 0 Å². The molecule has 4 nitrogen and oxygen atoms in total. The Labute approximate surface area is 190 Å². The zero-order valence-corrected chi connectivity index (χ0v) is 19.0. The molecule has 1 heterocycles. The van der Waals surface area contributed by atoms with Gasteiger partial charge in [0.1, 0.15) is 5.82 Å². The van der Waals surface area contributed by atoms with E-state index in [-0.39, 0.29) is 11.5 Å². The van der Waals surface area contributed by atoms with Crippen LogP contribution in [0.2, 0.25) is 0 Å². The number of aromatic nitrogens is 2. The minimum atomic E-state index is -0.0772. The first-order valence-corrected chi connectivity index (χ1v) is 12.4. The molecule has 4 aliphatic carbocycles. The van der Waals surface area contributed by atoms with Crippen LogP contribution in [0.15, 0.2) is 54.6 Å². The van der Waals surface area contributed by atoms with Crippen LogP contribution in [-0.2, 0) is 11.2 Å². The summed E-state index contributed by atoms with van der Waals surface area (Å²) in [4.78, 5) is 18.3. The van der Waals surface area contributed by atoms with E-state index in [0.29, 0.717) is 12.5 Å². The van der Waals surface area contributed by atoms with Crippen molar-refractivity contribution in [3.05, 3.63) is 66.0 Å². The van der Waals surface area contributed by atoms with Gasteiger partial charge in [-0.3, -0.25) is 4.79 Å². The molecule has 4 fully saturated rings. The fourth-order valence-corrected chi connectivity index (χ4v) is 7.45. The van der Waals surface area contributed by atoms with Crippen molar-refractivity contribution in [3.63, 3.8) is 0 Å². The van der Waals surface area contributed by atoms with Crippen molar-refractivity contribution < 1.29 is 4.79 Å². The number of para-hydroxylation sites is 2. The molecule has 3 aromatic rings. The Bertz CT molecular complexity index is 1100. The van der Waals surface area contributed by atoms with E-state index >= 15 is 0 Å². The molecule has 7 rings (SSSR count). The molecule has 1 aromatic heterocycles. The molecule has 1 amide bonds. The minimum Gasteiger partial charge on any atom is -0.355 e. The van der Waals surface area contributed by atoms with Crippen LogP contribution < -0.4 is 5.32 Å². The number of benzene rings is 2.